The third-order valence-corrected chi connectivity index (χ3v) is 4.13. The van der Waals surface area contributed by atoms with Crippen molar-refractivity contribution in [3.8, 4) is 5.75 Å². The summed E-state index contributed by atoms with van der Waals surface area (Å²) in [6.07, 6.45) is -3.69. The maximum atomic E-state index is 12.0. The Bertz CT molecular complexity index is 532. The highest BCUT2D eigenvalue weighted by molar-refractivity contribution is 7.89. The second-order valence-electron chi connectivity index (χ2n) is 4.23. The Morgan fingerprint density at radius 1 is 1.14 bits per heavy atom. The van der Waals surface area contributed by atoms with Crippen LogP contribution in [0.2, 0.25) is 0 Å². The molecule has 0 aromatic heterocycles. The molecule has 0 radical (unpaired) electrons. The first-order valence-corrected chi connectivity index (χ1v) is 8.28. The minimum absolute atomic E-state index is 0.00943. The van der Waals surface area contributed by atoms with Gasteiger partial charge in [-0.1, -0.05) is 12.1 Å². The Kier molecular flexibility index (Phi) is 6.76. The molecule has 1 aromatic carbocycles. The summed E-state index contributed by atoms with van der Waals surface area (Å²) in [7, 11) is -3.41. The van der Waals surface area contributed by atoms with Crippen molar-refractivity contribution in [2.45, 2.75) is 25.7 Å². The van der Waals surface area contributed by atoms with Crippen LogP contribution >= 0.6 is 11.6 Å². The number of alkyl halides is 4. The van der Waals surface area contributed by atoms with Crippen molar-refractivity contribution < 1.29 is 26.3 Å². The van der Waals surface area contributed by atoms with E-state index in [1.807, 2.05) is 0 Å². The molecule has 0 atom stereocenters. The SMILES string of the molecule is O=S(=O)(CCCCCl)NCc1ccc(OC(F)(F)F)cc1. The van der Waals surface area contributed by atoms with Crippen LogP contribution in [0.1, 0.15) is 18.4 Å². The Hall–Kier alpha value is -0.990. The molecule has 1 rings (SSSR count). The molecule has 120 valence electrons. The van der Waals surface area contributed by atoms with Gasteiger partial charge in [-0.05, 0) is 30.5 Å². The van der Waals surface area contributed by atoms with Crippen molar-refractivity contribution in [2.24, 2.45) is 0 Å². The van der Waals surface area contributed by atoms with Crippen molar-refractivity contribution >= 4 is 21.6 Å². The van der Waals surface area contributed by atoms with E-state index in [0.29, 0.717) is 24.3 Å². The molecular weight excluding hydrogens is 331 g/mol. The van der Waals surface area contributed by atoms with Gasteiger partial charge >= 0.3 is 6.36 Å². The molecule has 0 aliphatic carbocycles. The number of hydrogen-bond acceptors (Lipinski definition) is 3. The molecule has 9 heteroatoms. The van der Waals surface area contributed by atoms with Crippen LogP contribution < -0.4 is 9.46 Å². The quantitative estimate of drug-likeness (QED) is 0.582. The zero-order valence-corrected chi connectivity index (χ0v) is 12.6. The molecule has 0 heterocycles. The summed E-state index contributed by atoms with van der Waals surface area (Å²) in [5.74, 6) is 0.0155. The van der Waals surface area contributed by atoms with Crippen LogP contribution in [0.5, 0.6) is 5.75 Å². The van der Waals surface area contributed by atoms with E-state index in [2.05, 4.69) is 9.46 Å². The van der Waals surface area contributed by atoms with Gasteiger partial charge in [0.05, 0.1) is 5.75 Å². The second kappa shape index (κ2) is 7.86. The van der Waals surface area contributed by atoms with Crippen LogP contribution in [0.25, 0.3) is 0 Å². The molecule has 1 N–H and O–H groups in total. The summed E-state index contributed by atoms with van der Waals surface area (Å²) in [5, 5.41) is 0. The smallest absolute Gasteiger partial charge is 0.406 e. The van der Waals surface area contributed by atoms with E-state index < -0.39 is 16.4 Å². The topological polar surface area (TPSA) is 55.4 Å². The molecule has 4 nitrogen and oxygen atoms in total. The highest BCUT2D eigenvalue weighted by atomic mass is 35.5. The minimum Gasteiger partial charge on any atom is -0.406 e. The second-order valence-corrected chi connectivity index (χ2v) is 6.53. The standard InChI is InChI=1S/C12H15ClF3NO3S/c13-7-1-2-8-21(18,19)17-9-10-3-5-11(6-4-10)20-12(14,15)16/h3-6,17H,1-2,7-9H2. The number of ether oxygens (including phenoxy) is 1. The molecule has 0 aliphatic rings. The van der Waals surface area contributed by atoms with Crippen molar-refractivity contribution in [1.82, 2.24) is 4.72 Å². The number of halogens is 4. The Morgan fingerprint density at radius 3 is 2.29 bits per heavy atom. The average Bonchev–Trinajstić information content (AvgIpc) is 2.36. The van der Waals surface area contributed by atoms with Gasteiger partial charge in [-0.2, -0.15) is 0 Å². The predicted molar refractivity (Wildman–Crippen MR) is 73.7 cm³/mol. The number of sulfonamides is 1. The largest absolute Gasteiger partial charge is 0.573 e. The highest BCUT2D eigenvalue weighted by Crippen LogP contribution is 2.22. The van der Waals surface area contributed by atoms with E-state index in [9.17, 15) is 21.6 Å². The van der Waals surface area contributed by atoms with E-state index in [4.69, 9.17) is 11.6 Å². The lowest BCUT2D eigenvalue weighted by Crippen LogP contribution is -2.26. The van der Waals surface area contributed by atoms with Gasteiger partial charge in [-0.25, -0.2) is 13.1 Å². The van der Waals surface area contributed by atoms with Crippen molar-refractivity contribution in [1.29, 1.82) is 0 Å². The maximum absolute atomic E-state index is 12.0. The average molecular weight is 346 g/mol. The first-order valence-electron chi connectivity index (χ1n) is 6.10. The van der Waals surface area contributed by atoms with Crippen LogP contribution in [-0.2, 0) is 16.6 Å². The predicted octanol–water partition coefficient (Wildman–Crippen LogP) is 3.02. The molecule has 0 unspecified atom stereocenters. The molecule has 1 aromatic rings. The summed E-state index contributed by atoms with van der Waals surface area (Å²) >= 11 is 5.46. The molecular formula is C12H15ClF3NO3S. The monoisotopic (exact) mass is 345 g/mol. The van der Waals surface area contributed by atoms with Gasteiger partial charge in [0.2, 0.25) is 10.0 Å². The van der Waals surface area contributed by atoms with Crippen LogP contribution in [-0.4, -0.2) is 26.4 Å². The maximum Gasteiger partial charge on any atom is 0.573 e. The number of unbranched alkanes of at least 4 members (excludes halogenated alkanes) is 1. The third kappa shape index (κ3) is 8.13. The lowest BCUT2D eigenvalue weighted by Gasteiger charge is -2.10. The van der Waals surface area contributed by atoms with Crippen LogP contribution in [0.3, 0.4) is 0 Å². The molecule has 0 saturated heterocycles. The Morgan fingerprint density at radius 2 is 1.76 bits per heavy atom. The first kappa shape index (κ1) is 18.1. The van der Waals surface area contributed by atoms with Crippen molar-refractivity contribution in [3.63, 3.8) is 0 Å². The molecule has 0 fully saturated rings. The van der Waals surface area contributed by atoms with Gasteiger partial charge < -0.3 is 4.74 Å². The fraction of sp³-hybridized carbons (Fsp3) is 0.500. The van der Waals surface area contributed by atoms with E-state index in [-0.39, 0.29) is 18.0 Å². The summed E-state index contributed by atoms with van der Waals surface area (Å²) in [5.41, 5.74) is 0.533. The minimum atomic E-state index is -4.74. The van der Waals surface area contributed by atoms with Crippen molar-refractivity contribution in [2.75, 3.05) is 11.6 Å². The normalized spacial score (nSPS) is 12.4. The number of benzene rings is 1. The highest BCUT2D eigenvalue weighted by Gasteiger charge is 2.30. The molecule has 21 heavy (non-hydrogen) atoms. The summed E-state index contributed by atoms with van der Waals surface area (Å²) in [4.78, 5) is 0. The van der Waals surface area contributed by atoms with Gasteiger partial charge in [-0.15, -0.1) is 24.8 Å². The number of hydrogen-bond donors (Lipinski definition) is 1. The fourth-order valence-electron chi connectivity index (χ4n) is 1.46. The van der Waals surface area contributed by atoms with E-state index >= 15 is 0 Å². The van der Waals surface area contributed by atoms with Crippen LogP contribution in [0, 0.1) is 0 Å². The molecule has 0 spiro atoms. The third-order valence-electron chi connectivity index (χ3n) is 2.45. The molecule has 0 aliphatic heterocycles. The molecule has 0 amide bonds. The number of rotatable bonds is 8. The Labute approximate surface area is 126 Å². The summed E-state index contributed by atoms with van der Waals surface area (Å²) in [6, 6.07) is 4.99. The van der Waals surface area contributed by atoms with Gasteiger partial charge in [0.15, 0.2) is 0 Å². The zero-order valence-electron chi connectivity index (χ0n) is 11.0. The zero-order chi connectivity index (χ0) is 15.9. The van der Waals surface area contributed by atoms with Gasteiger partial charge in [-0.3, -0.25) is 0 Å². The molecule has 0 bridgehead atoms. The van der Waals surface area contributed by atoms with E-state index in [0.717, 1.165) is 12.1 Å². The first-order chi connectivity index (χ1) is 9.72. The van der Waals surface area contributed by atoms with Gasteiger partial charge in [0.25, 0.3) is 0 Å². The van der Waals surface area contributed by atoms with Crippen molar-refractivity contribution in [3.05, 3.63) is 29.8 Å². The van der Waals surface area contributed by atoms with Crippen LogP contribution in [0.15, 0.2) is 24.3 Å². The number of nitrogens with one attached hydrogen (secondary N) is 1. The van der Waals surface area contributed by atoms with E-state index in [1.54, 1.807) is 0 Å². The van der Waals surface area contributed by atoms with Gasteiger partial charge in [0, 0.05) is 12.4 Å². The van der Waals surface area contributed by atoms with Crippen LogP contribution in [0.4, 0.5) is 13.2 Å². The summed E-state index contributed by atoms with van der Waals surface area (Å²) < 4.78 is 65.2. The lowest BCUT2D eigenvalue weighted by molar-refractivity contribution is -0.274. The summed E-state index contributed by atoms with van der Waals surface area (Å²) in [6.45, 7) is 0.00943. The molecule has 0 saturated carbocycles. The van der Waals surface area contributed by atoms with Gasteiger partial charge in [0.1, 0.15) is 5.75 Å². The Balaban J connectivity index is 2.49. The fourth-order valence-corrected chi connectivity index (χ4v) is 2.77. The van der Waals surface area contributed by atoms with E-state index in [1.165, 1.54) is 12.1 Å². The lowest BCUT2D eigenvalue weighted by atomic mass is 10.2.